The smallest absolute Gasteiger partial charge is 0.263 e. The lowest BCUT2D eigenvalue weighted by Crippen LogP contribution is -2.41. The normalized spacial score (nSPS) is 11.7. The number of nitrogens with zero attached hydrogens (tertiary/aromatic N) is 1. The van der Waals surface area contributed by atoms with E-state index in [4.69, 9.17) is 16.1 Å². The van der Waals surface area contributed by atoms with Crippen LogP contribution in [0.1, 0.15) is 46.1 Å². The number of amides is 1. The van der Waals surface area contributed by atoms with Crippen LogP contribution in [0.2, 0.25) is 5.02 Å². The van der Waals surface area contributed by atoms with Gasteiger partial charge in [0.15, 0.2) is 0 Å². The van der Waals surface area contributed by atoms with Gasteiger partial charge in [-0.15, -0.1) is 11.3 Å². The summed E-state index contributed by atoms with van der Waals surface area (Å²) in [4.78, 5) is 12.9. The SMILES string of the molecule is Cc1csc(C(=O)NC(C)(C)c2c(C)noc2C)c1Cl. The lowest BCUT2D eigenvalue weighted by atomic mass is 9.92. The van der Waals surface area contributed by atoms with Gasteiger partial charge in [-0.25, -0.2) is 0 Å². The van der Waals surface area contributed by atoms with Crippen molar-refractivity contribution in [3.8, 4) is 0 Å². The fourth-order valence-corrected chi connectivity index (χ4v) is 3.54. The molecule has 0 saturated heterocycles. The molecule has 0 spiro atoms. The van der Waals surface area contributed by atoms with E-state index in [0.29, 0.717) is 15.7 Å². The third-order valence-electron chi connectivity index (χ3n) is 3.19. The Bertz CT molecular complexity index is 639. The van der Waals surface area contributed by atoms with Crippen LogP contribution in [0.15, 0.2) is 9.90 Å². The predicted octanol–water partition coefficient (Wildman–Crippen LogP) is 3.98. The molecule has 2 aromatic rings. The van der Waals surface area contributed by atoms with Crippen molar-refractivity contribution in [2.45, 2.75) is 40.2 Å². The van der Waals surface area contributed by atoms with E-state index < -0.39 is 5.54 Å². The Morgan fingerprint density at radius 2 is 2.05 bits per heavy atom. The second-order valence-corrected chi connectivity index (χ2v) is 6.60. The number of aryl methyl sites for hydroxylation is 3. The highest BCUT2D eigenvalue weighted by Crippen LogP contribution is 2.30. The molecule has 0 aliphatic rings. The van der Waals surface area contributed by atoms with Gasteiger partial charge in [-0.05, 0) is 45.6 Å². The molecule has 0 radical (unpaired) electrons. The van der Waals surface area contributed by atoms with Crippen LogP contribution in [-0.4, -0.2) is 11.1 Å². The highest BCUT2D eigenvalue weighted by atomic mass is 35.5. The van der Waals surface area contributed by atoms with Crippen molar-refractivity contribution in [2.75, 3.05) is 0 Å². The van der Waals surface area contributed by atoms with Crippen LogP contribution < -0.4 is 5.32 Å². The lowest BCUT2D eigenvalue weighted by molar-refractivity contribution is 0.0916. The zero-order valence-electron chi connectivity index (χ0n) is 12.1. The Labute approximate surface area is 127 Å². The van der Waals surface area contributed by atoms with Crippen molar-refractivity contribution in [2.24, 2.45) is 0 Å². The molecule has 2 rings (SSSR count). The number of nitrogens with one attached hydrogen (secondary N) is 1. The van der Waals surface area contributed by atoms with E-state index in [9.17, 15) is 4.79 Å². The molecule has 2 heterocycles. The average molecular weight is 313 g/mol. The van der Waals surface area contributed by atoms with Gasteiger partial charge in [0.25, 0.3) is 5.91 Å². The molecule has 0 aliphatic heterocycles. The first kappa shape index (κ1) is 15.1. The Morgan fingerprint density at radius 1 is 1.40 bits per heavy atom. The lowest BCUT2D eigenvalue weighted by Gasteiger charge is -2.26. The molecule has 20 heavy (non-hydrogen) atoms. The van der Waals surface area contributed by atoms with Crippen molar-refractivity contribution in [3.63, 3.8) is 0 Å². The molecule has 0 aliphatic carbocycles. The van der Waals surface area contributed by atoms with Crippen molar-refractivity contribution in [1.29, 1.82) is 0 Å². The van der Waals surface area contributed by atoms with Crippen molar-refractivity contribution in [3.05, 3.63) is 37.9 Å². The Morgan fingerprint density at radius 3 is 2.50 bits per heavy atom. The molecular weight excluding hydrogens is 296 g/mol. The molecular formula is C14H17ClN2O2S. The number of carbonyl (C=O) groups excluding carboxylic acids is 1. The molecule has 0 atom stereocenters. The number of hydrogen-bond donors (Lipinski definition) is 1. The van der Waals surface area contributed by atoms with Crippen LogP contribution in [-0.2, 0) is 5.54 Å². The second-order valence-electron chi connectivity index (χ2n) is 5.34. The van der Waals surface area contributed by atoms with E-state index in [-0.39, 0.29) is 5.91 Å². The molecule has 0 bridgehead atoms. The van der Waals surface area contributed by atoms with Crippen molar-refractivity contribution in [1.82, 2.24) is 10.5 Å². The maximum atomic E-state index is 12.4. The summed E-state index contributed by atoms with van der Waals surface area (Å²) in [6.07, 6.45) is 0. The number of aromatic nitrogens is 1. The fourth-order valence-electron chi connectivity index (χ4n) is 2.36. The van der Waals surface area contributed by atoms with Crippen molar-refractivity contribution < 1.29 is 9.32 Å². The summed E-state index contributed by atoms with van der Waals surface area (Å²) < 4.78 is 5.17. The number of rotatable bonds is 3. The van der Waals surface area contributed by atoms with E-state index in [2.05, 4.69) is 10.5 Å². The summed E-state index contributed by atoms with van der Waals surface area (Å²) in [5, 5.41) is 9.32. The maximum Gasteiger partial charge on any atom is 0.263 e. The number of carbonyl (C=O) groups is 1. The minimum absolute atomic E-state index is 0.182. The Kier molecular flexibility index (Phi) is 3.93. The summed E-state index contributed by atoms with van der Waals surface area (Å²) in [5.41, 5.74) is 2.01. The highest BCUT2D eigenvalue weighted by Gasteiger charge is 2.31. The van der Waals surface area contributed by atoms with Gasteiger partial charge in [-0.3, -0.25) is 4.79 Å². The van der Waals surface area contributed by atoms with Crippen LogP contribution in [0.5, 0.6) is 0 Å². The van der Waals surface area contributed by atoms with Crippen LogP contribution in [0.4, 0.5) is 0 Å². The summed E-state index contributed by atoms with van der Waals surface area (Å²) in [6.45, 7) is 9.43. The van der Waals surface area contributed by atoms with Crippen LogP contribution in [0.25, 0.3) is 0 Å². The minimum atomic E-state index is -0.577. The van der Waals surface area contributed by atoms with Crippen molar-refractivity contribution >= 4 is 28.8 Å². The van der Waals surface area contributed by atoms with Gasteiger partial charge in [0, 0.05) is 5.56 Å². The summed E-state index contributed by atoms with van der Waals surface area (Å²) >= 11 is 7.49. The van der Waals surface area contributed by atoms with Crippen LogP contribution in [0, 0.1) is 20.8 Å². The molecule has 0 saturated carbocycles. The Balaban J connectivity index is 2.29. The third-order valence-corrected chi connectivity index (χ3v) is 4.89. The minimum Gasteiger partial charge on any atom is -0.361 e. The van der Waals surface area contributed by atoms with Gasteiger partial charge in [-0.2, -0.15) is 0 Å². The molecule has 4 nitrogen and oxygen atoms in total. The predicted molar refractivity (Wildman–Crippen MR) is 80.5 cm³/mol. The standard InChI is InChI=1S/C14H17ClN2O2S/c1-7-6-20-12(11(7)15)13(18)16-14(4,5)10-8(2)17-19-9(10)3/h6H,1-5H3,(H,16,18). The van der Waals surface area contributed by atoms with Gasteiger partial charge >= 0.3 is 0 Å². The number of thiophene rings is 1. The summed E-state index contributed by atoms with van der Waals surface area (Å²) in [6, 6.07) is 0. The van der Waals surface area contributed by atoms with E-state index >= 15 is 0 Å². The topological polar surface area (TPSA) is 55.1 Å². The molecule has 1 N–H and O–H groups in total. The number of hydrogen-bond acceptors (Lipinski definition) is 4. The zero-order valence-corrected chi connectivity index (χ0v) is 13.7. The van der Waals surface area contributed by atoms with Gasteiger partial charge < -0.3 is 9.84 Å². The summed E-state index contributed by atoms with van der Waals surface area (Å²) in [5.74, 6) is 0.527. The first-order valence-corrected chi connectivity index (χ1v) is 7.49. The van der Waals surface area contributed by atoms with Crippen LogP contribution in [0.3, 0.4) is 0 Å². The fraction of sp³-hybridized carbons (Fsp3) is 0.429. The third kappa shape index (κ3) is 2.60. The molecule has 0 aromatic carbocycles. The van der Waals surface area contributed by atoms with E-state index in [1.54, 1.807) is 0 Å². The summed E-state index contributed by atoms with van der Waals surface area (Å²) in [7, 11) is 0. The van der Waals surface area contributed by atoms with E-state index in [1.807, 2.05) is 40.0 Å². The van der Waals surface area contributed by atoms with Gasteiger partial charge in [0.05, 0.1) is 16.3 Å². The monoisotopic (exact) mass is 312 g/mol. The Hall–Kier alpha value is -1.33. The number of halogens is 1. The molecule has 108 valence electrons. The highest BCUT2D eigenvalue weighted by molar-refractivity contribution is 7.13. The van der Waals surface area contributed by atoms with Crippen LogP contribution >= 0.6 is 22.9 Å². The molecule has 0 unspecified atom stereocenters. The first-order valence-electron chi connectivity index (χ1n) is 6.23. The molecule has 0 fully saturated rings. The molecule has 2 aromatic heterocycles. The maximum absolute atomic E-state index is 12.4. The molecule has 1 amide bonds. The second kappa shape index (κ2) is 5.22. The van der Waals surface area contributed by atoms with E-state index in [1.165, 1.54) is 11.3 Å². The van der Waals surface area contributed by atoms with Gasteiger partial charge in [0.2, 0.25) is 0 Å². The first-order chi connectivity index (χ1) is 9.24. The van der Waals surface area contributed by atoms with E-state index in [0.717, 1.165) is 16.8 Å². The quantitative estimate of drug-likeness (QED) is 0.932. The largest absolute Gasteiger partial charge is 0.361 e. The van der Waals surface area contributed by atoms with Gasteiger partial charge in [-0.1, -0.05) is 16.8 Å². The average Bonchev–Trinajstić information content (AvgIpc) is 2.83. The zero-order chi connectivity index (χ0) is 15.1. The molecule has 6 heteroatoms. The van der Waals surface area contributed by atoms with Gasteiger partial charge in [0.1, 0.15) is 10.6 Å².